The summed E-state index contributed by atoms with van der Waals surface area (Å²) in [6, 6.07) is 0. The van der Waals surface area contributed by atoms with E-state index in [0.29, 0.717) is 13.0 Å². The third-order valence-electron chi connectivity index (χ3n) is 2.48. The van der Waals surface area contributed by atoms with Crippen LogP contribution in [-0.2, 0) is 9.53 Å². The Morgan fingerprint density at radius 1 is 1.77 bits per heavy atom. The first kappa shape index (κ1) is 10.3. The van der Waals surface area contributed by atoms with Crippen LogP contribution in [0.2, 0.25) is 0 Å². The van der Waals surface area contributed by atoms with Crippen LogP contribution in [0.4, 0.5) is 0 Å². The van der Waals surface area contributed by atoms with Crippen molar-refractivity contribution in [1.82, 2.24) is 0 Å². The number of ether oxygens (including phenoxy) is 1. The quantitative estimate of drug-likeness (QED) is 0.519. The minimum Gasteiger partial charge on any atom is -0.465 e. The second kappa shape index (κ2) is 3.92. The Morgan fingerprint density at radius 3 is 3.00 bits per heavy atom. The number of hydrogen-bond acceptors (Lipinski definition) is 3. The molecular weight excluding hydrogens is 168 g/mol. The van der Waals surface area contributed by atoms with Crippen LogP contribution in [0.1, 0.15) is 26.7 Å². The van der Waals surface area contributed by atoms with Gasteiger partial charge in [0.2, 0.25) is 0 Å². The largest absolute Gasteiger partial charge is 0.465 e. The van der Waals surface area contributed by atoms with Crippen LogP contribution < -0.4 is 0 Å². The summed E-state index contributed by atoms with van der Waals surface area (Å²) in [5.74, 6) is -0.335. The third kappa shape index (κ3) is 1.91. The molecule has 0 aromatic carbocycles. The lowest BCUT2D eigenvalue weighted by Gasteiger charge is -2.31. The van der Waals surface area contributed by atoms with Gasteiger partial charge in [-0.3, -0.25) is 4.79 Å². The molecule has 1 N–H and O–H groups in total. The Morgan fingerprint density at radius 2 is 2.46 bits per heavy atom. The van der Waals surface area contributed by atoms with Crippen molar-refractivity contribution < 1.29 is 14.6 Å². The number of aliphatic hydroxyl groups is 1. The summed E-state index contributed by atoms with van der Waals surface area (Å²) in [7, 11) is 0. The zero-order valence-electron chi connectivity index (χ0n) is 8.12. The molecule has 74 valence electrons. The van der Waals surface area contributed by atoms with Crippen molar-refractivity contribution in [3.8, 4) is 0 Å². The number of aliphatic hydroxyl groups excluding tert-OH is 1. The van der Waals surface area contributed by atoms with Crippen molar-refractivity contribution in [3.63, 3.8) is 0 Å². The summed E-state index contributed by atoms with van der Waals surface area (Å²) in [5.41, 5.74) is -0.839. The van der Waals surface area contributed by atoms with Crippen LogP contribution in [0.5, 0.6) is 0 Å². The van der Waals surface area contributed by atoms with Crippen molar-refractivity contribution >= 4 is 5.97 Å². The average molecular weight is 184 g/mol. The van der Waals surface area contributed by atoms with Crippen LogP contribution in [0.25, 0.3) is 0 Å². The predicted octanol–water partition coefficient (Wildman–Crippen LogP) is 1.27. The maximum atomic E-state index is 11.5. The topological polar surface area (TPSA) is 46.5 Å². The van der Waals surface area contributed by atoms with Crippen LogP contribution in [-0.4, -0.2) is 23.8 Å². The lowest BCUT2D eigenvalue weighted by atomic mass is 9.78. The zero-order valence-corrected chi connectivity index (χ0v) is 8.12. The molecule has 0 radical (unpaired) electrons. The van der Waals surface area contributed by atoms with Crippen molar-refractivity contribution in [3.05, 3.63) is 12.2 Å². The second-order valence-electron chi connectivity index (χ2n) is 3.50. The molecule has 0 aromatic heterocycles. The first-order valence-electron chi connectivity index (χ1n) is 4.64. The first-order valence-corrected chi connectivity index (χ1v) is 4.64. The van der Waals surface area contributed by atoms with E-state index in [1.807, 2.05) is 6.08 Å². The second-order valence-corrected chi connectivity index (χ2v) is 3.50. The molecule has 0 aliphatic heterocycles. The molecular formula is C10H16O3. The van der Waals surface area contributed by atoms with E-state index >= 15 is 0 Å². The average Bonchev–Trinajstić information content (AvgIpc) is 2.11. The highest BCUT2D eigenvalue weighted by atomic mass is 16.5. The minimum absolute atomic E-state index is 0.335. The molecule has 0 spiro atoms. The van der Waals surface area contributed by atoms with Gasteiger partial charge in [0.25, 0.3) is 0 Å². The number of rotatable bonds is 2. The van der Waals surface area contributed by atoms with E-state index in [0.717, 1.165) is 6.42 Å². The molecule has 0 amide bonds. The normalized spacial score (nSPS) is 33.0. The lowest BCUT2D eigenvalue weighted by Crippen LogP contribution is -2.41. The fraction of sp³-hybridized carbons (Fsp3) is 0.700. The van der Waals surface area contributed by atoms with Gasteiger partial charge in [-0.2, -0.15) is 0 Å². The van der Waals surface area contributed by atoms with Gasteiger partial charge in [-0.25, -0.2) is 0 Å². The molecule has 0 unspecified atom stereocenters. The third-order valence-corrected chi connectivity index (χ3v) is 2.48. The van der Waals surface area contributed by atoms with Gasteiger partial charge in [-0.15, -0.1) is 0 Å². The highest BCUT2D eigenvalue weighted by molar-refractivity contribution is 5.79. The van der Waals surface area contributed by atoms with Crippen molar-refractivity contribution in [2.24, 2.45) is 5.41 Å². The Kier molecular flexibility index (Phi) is 3.09. The molecule has 0 saturated heterocycles. The molecule has 0 saturated carbocycles. The van der Waals surface area contributed by atoms with E-state index in [2.05, 4.69) is 0 Å². The monoisotopic (exact) mass is 184 g/mol. The standard InChI is InChI=1S/C10H16O3/c1-3-13-9(12)10(2)7-5-4-6-8(10)11/h5,7-8,11H,3-4,6H2,1-2H3/t8-,10+/m1/s1. The molecule has 0 heterocycles. The van der Waals surface area contributed by atoms with Gasteiger partial charge in [0.15, 0.2) is 0 Å². The number of esters is 1. The van der Waals surface area contributed by atoms with E-state index in [-0.39, 0.29) is 5.97 Å². The first-order chi connectivity index (χ1) is 6.11. The summed E-state index contributed by atoms with van der Waals surface area (Å²) in [6.07, 6.45) is 4.52. The predicted molar refractivity (Wildman–Crippen MR) is 49.1 cm³/mol. The molecule has 1 aliphatic carbocycles. The van der Waals surface area contributed by atoms with Crippen LogP contribution in [0.3, 0.4) is 0 Å². The zero-order chi connectivity index (χ0) is 9.90. The van der Waals surface area contributed by atoms with Crippen LogP contribution in [0.15, 0.2) is 12.2 Å². The SMILES string of the molecule is CCOC(=O)[C@@]1(C)C=CCC[C@H]1O. The van der Waals surface area contributed by atoms with Crippen LogP contribution >= 0.6 is 0 Å². The van der Waals surface area contributed by atoms with E-state index < -0.39 is 11.5 Å². The van der Waals surface area contributed by atoms with Gasteiger partial charge in [-0.05, 0) is 26.7 Å². The smallest absolute Gasteiger partial charge is 0.318 e. The van der Waals surface area contributed by atoms with Gasteiger partial charge in [0.1, 0.15) is 5.41 Å². The number of carbonyl (C=O) groups is 1. The van der Waals surface area contributed by atoms with E-state index in [9.17, 15) is 9.90 Å². The van der Waals surface area contributed by atoms with Gasteiger partial charge in [0, 0.05) is 0 Å². The Labute approximate surface area is 78.4 Å². The molecule has 2 atom stereocenters. The fourth-order valence-electron chi connectivity index (χ4n) is 1.48. The number of hydrogen-bond donors (Lipinski definition) is 1. The van der Waals surface area contributed by atoms with Gasteiger partial charge >= 0.3 is 5.97 Å². The number of allylic oxidation sites excluding steroid dienone is 1. The maximum Gasteiger partial charge on any atom is 0.318 e. The molecule has 1 aliphatic rings. The summed E-state index contributed by atoms with van der Waals surface area (Å²) < 4.78 is 4.90. The number of carbonyl (C=O) groups excluding carboxylic acids is 1. The lowest BCUT2D eigenvalue weighted by molar-refractivity contribution is -0.157. The molecule has 13 heavy (non-hydrogen) atoms. The molecule has 3 nitrogen and oxygen atoms in total. The Bertz CT molecular complexity index is 222. The summed E-state index contributed by atoms with van der Waals surface area (Å²) >= 11 is 0. The van der Waals surface area contributed by atoms with E-state index in [1.165, 1.54) is 0 Å². The van der Waals surface area contributed by atoms with Crippen molar-refractivity contribution in [1.29, 1.82) is 0 Å². The van der Waals surface area contributed by atoms with Crippen molar-refractivity contribution in [2.75, 3.05) is 6.61 Å². The van der Waals surface area contributed by atoms with E-state index in [1.54, 1.807) is 19.9 Å². The van der Waals surface area contributed by atoms with Crippen molar-refractivity contribution in [2.45, 2.75) is 32.8 Å². The summed E-state index contributed by atoms with van der Waals surface area (Å²) in [5, 5.41) is 9.67. The highest BCUT2D eigenvalue weighted by Crippen LogP contribution is 2.32. The van der Waals surface area contributed by atoms with E-state index in [4.69, 9.17) is 4.74 Å². The fourth-order valence-corrected chi connectivity index (χ4v) is 1.48. The molecule has 3 heteroatoms. The molecule has 0 bridgehead atoms. The Hall–Kier alpha value is -0.830. The molecule has 1 rings (SSSR count). The van der Waals surface area contributed by atoms with Gasteiger partial charge in [-0.1, -0.05) is 12.2 Å². The van der Waals surface area contributed by atoms with Crippen LogP contribution in [0, 0.1) is 5.41 Å². The summed E-state index contributed by atoms with van der Waals surface area (Å²) in [4.78, 5) is 11.5. The summed E-state index contributed by atoms with van der Waals surface area (Å²) in [6.45, 7) is 3.83. The maximum absolute atomic E-state index is 11.5. The minimum atomic E-state index is -0.839. The molecule has 0 fully saturated rings. The highest BCUT2D eigenvalue weighted by Gasteiger charge is 2.40. The molecule has 0 aromatic rings. The van der Waals surface area contributed by atoms with Gasteiger partial charge in [0.05, 0.1) is 12.7 Å². The van der Waals surface area contributed by atoms with Gasteiger partial charge < -0.3 is 9.84 Å². The Balaban J connectivity index is 2.77.